The first-order valence-corrected chi connectivity index (χ1v) is 6.63. The molecule has 0 aliphatic carbocycles. The van der Waals surface area contributed by atoms with Crippen LogP contribution in [0.1, 0.15) is 51.6 Å². The first-order chi connectivity index (χ1) is 8.13. The summed E-state index contributed by atoms with van der Waals surface area (Å²) in [6.45, 7) is 6.53. The Morgan fingerprint density at radius 3 is 2.76 bits per heavy atom. The van der Waals surface area contributed by atoms with E-state index in [0.717, 1.165) is 11.4 Å². The Morgan fingerprint density at radius 1 is 1.47 bits per heavy atom. The van der Waals surface area contributed by atoms with E-state index in [0.29, 0.717) is 12.1 Å². The Morgan fingerprint density at radius 2 is 2.24 bits per heavy atom. The number of hydrogen-bond acceptors (Lipinski definition) is 3. The molecule has 94 valence electrons. The molecule has 17 heavy (non-hydrogen) atoms. The van der Waals surface area contributed by atoms with Gasteiger partial charge in [-0.15, -0.1) is 0 Å². The zero-order chi connectivity index (χ0) is 12.4. The van der Waals surface area contributed by atoms with E-state index < -0.39 is 0 Å². The molecular weight excluding hydrogens is 210 g/mol. The molecule has 1 aliphatic rings. The summed E-state index contributed by atoms with van der Waals surface area (Å²) in [7, 11) is 0. The van der Waals surface area contributed by atoms with Gasteiger partial charge in [-0.2, -0.15) is 0 Å². The van der Waals surface area contributed by atoms with Gasteiger partial charge in [0.25, 0.3) is 0 Å². The number of nitrogens with two attached hydrogens (primary N) is 1. The molecule has 1 aliphatic heterocycles. The fourth-order valence-electron chi connectivity index (χ4n) is 2.70. The van der Waals surface area contributed by atoms with Crippen LogP contribution in [0.25, 0.3) is 0 Å². The van der Waals surface area contributed by atoms with Gasteiger partial charge in [0, 0.05) is 24.3 Å². The molecule has 1 fully saturated rings. The molecule has 0 aromatic carbocycles. The maximum atomic E-state index is 5.84. The Balaban J connectivity index is 2.21. The van der Waals surface area contributed by atoms with Crippen LogP contribution < -0.4 is 10.6 Å². The summed E-state index contributed by atoms with van der Waals surface area (Å²) in [6.07, 6.45) is 5.67. The third kappa shape index (κ3) is 2.44. The summed E-state index contributed by atoms with van der Waals surface area (Å²) in [4.78, 5) is 7.04. The highest BCUT2D eigenvalue weighted by Crippen LogP contribution is 2.30. The summed E-state index contributed by atoms with van der Waals surface area (Å²) in [5.41, 5.74) is 6.95. The molecule has 0 spiro atoms. The third-order valence-corrected chi connectivity index (χ3v) is 3.82. The monoisotopic (exact) mass is 233 g/mol. The summed E-state index contributed by atoms with van der Waals surface area (Å²) >= 11 is 0. The van der Waals surface area contributed by atoms with Crippen molar-refractivity contribution in [3.63, 3.8) is 0 Å². The van der Waals surface area contributed by atoms with Crippen molar-refractivity contribution < 1.29 is 0 Å². The molecule has 0 saturated carbocycles. The fourth-order valence-corrected chi connectivity index (χ4v) is 2.70. The molecule has 3 atom stereocenters. The van der Waals surface area contributed by atoms with E-state index in [1.54, 1.807) is 0 Å². The zero-order valence-corrected chi connectivity index (χ0v) is 11.1. The van der Waals surface area contributed by atoms with E-state index in [2.05, 4.69) is 35.9 Å². The Kier molecular flexibility index (Phi) is 3.67. The fraction of sp³-hybridized carbons (Fsp3) is 0.643. The molecule has 0 bridgehead atoms. The number of aromatic nitrogens is 1. The summed E-state index contributed by atoms with van der Waals surface area (Å²) in [5, 5.41) is 0. The van der Waals surface area contributed by atoms with Gasteiger partial charge >= 0.3 is 0 Å². The van der Waals surface area contributed by atoms with Crippen LogP contribution in [0.15, 0.2) is 18.3 Å². The molecule has 2 N–H and O–H groups in total. The van der Waals surface area contributed by atoms with E-state index in [9.17, 15) is 0 Å². The van der Waals surface area contributed by atoms with Crippen molar-refractivity contribution in [2.45, 2.75) is 58.2 Å². The van der Waals surface area contributed by atoms with Crippen LogP contribution >= 0.6 is 0 Å². The van der Waals surface area contributed by atoms with Crippen molar-refractivity contribution in [2.75, 3.05) is 4.90 Å². The van der Waals surface area contributed by atoms with Gasteiger partial charge in [0.15, 0.2) is 0 Å². The summed E-state index contributed by atoms with van der Waals surface area (Å²) in [6, 6.07) is 5.54. The van der Waals surface area contributed by atoms with Crippen molar-refractivity contribution in [1.29, 1.82) is 0 Å². The second kappa shape index (κ2) is 5.05. The molecular formula is C14H23N3. The maximum Gasteiger partial charge on any atom is 0.128 e. The summed E-state index contributed by atoms with van der Waals surface area (Å²) < 4.78 is 0. The van der Waals surface area contributed by atoms with Crippen LogP contribution in [0, 0.1) is 0 Å². The minimum atomic E-state index is 0.0644. The second-order valence-corrected chi connectivity index (χ2v) is 5.13. The standard InChI is InChI=1S/C14H23N3/c1-4-13-7-5-10(2)17(13)14-8-6-12(9-16-14)11(3)15/h6,8-11,13H,4-5,7,15H2,1-3H3. The Hall–Kier alpha value is -1.09. The quantitative estimate of drug-likeness (QED) is 0.873. The molecule has 1 aromatic rings. The van der Waals surface area contributed by atoms with Gasteiger partial charge in [-0.1, -0.05) is 13.0 Å². The van der Waals surface area contributed by atoms with Crippen LogP contribution in [-0.4, -0.2) is 17.1 Å². The molecule has 3 unspecified atom stereocenters. The van der Waals surface area contributed by atoms with E-state index >= 15 is 0 Å². The Bertz CT molecular complexity index is 358. The first kappa shape index (κ1) is 12.4. The van der Waals surface area contributed by atoms with Gasteiger partial charge in [-0.3, -0.25) is 0 Å². The minimum absolute atomic E-state index is 0.0644. The molecule has 2 heterocycles. The highest BCUT2D eigenvalue weighted by atomic mass is 15.2. The van der Waals surface area contributed by atoms with Crippen molar-refractivity contribution in [3.05, 3.63) is 23.9 Å². The van der Waals surface area contributed by atoms with E-state index in [4.69, 9.17) is 5.73 Å². The van der Waals surface area contributed by atoms with E-state index in [1.165, 1.54) is 19.3 Å². The predicted molar refractivity (Wildman–Crippen MR) is 72.1 cm³/mol. The lowest BCUT2D eigenvalue weighted by Crippen LogP contribution is -2.34. The highest BCUT2D eigenvalue weighted by molar-refractivity contribution is 5.43. The molecule has 3 heteroatoms. The zero-order valence-electron chi connectivity index (χ0n) is 11.1. The highest BCUT2D eigenvalue weighted by Gasteiger charge is 2.29. The van der Waals surface area contributed by atoms with Gasteiger partial charge < -0.3 is 10.6 Å². The molecule has 0 amide bonds. The Labute approximate surface area is 104 Å². The molecule has 1 aromatic heterocycles. The third-order valence-electron chi connectivity index (χ3n) is 3.82. The smallest absolute Gasteiger partial charge is 0.128 e. The lowest BCUT2D eigenvalue weighted by molar-refractivity contribution is 0.620. The van der Waals surface area contributed by atoms with Crippen LogP contribution in [0.3, 0.4) is 0 Å². The second-order valence-electron chi connectivity index (χ2n) is 5.13. The predicted octanol–water partition coefficient (Wildman–Crippen LogP) is 2.87. The molecule has 3 nitrogen and oxygen atoms in total. The number of nitrogens with zero attached hydrogens (tertiary/aromatic N) is 2. The normalized spacial score (nSPS) is 26.2. The molecule has 2 rings (SSSR count). The number of pyridine rings is 1. The molecule has 0 radical (unpaired) electrons. The topological polar surface area (TPSA) is 42.1 Å². The number of anilines is 1. The van der Waals surface area contributed by atoms with Crippen molar-refractivity contribution in [2.24, 2.45) is 5.73 Å². The van der Waals surface area contributed by atoms with Gasteiger partial charge in [0.2, 0.25) is 0 Å². The lowest BCUT2D eigenvalue weighted by atomic mass is 10.1. The van der Waals surface area contributed by atoms with Crippen molar-refractivity contribution >= 4 is 5.82 Å². The average Bonchev–Trinajstić information content (AvgIpc) is 2.70. The lowest BCUT2D eigenvalue weighted by Gasteiger charge is -2.29. The van der Waals surface area contributed by atoms with Crippen LogP contribution in [0.5, 0.6) is 0 Å². The van der Waals surface area contributed by atoms with Crippen LogP contribution in [0.4, 0.5) is 5.82 Å². The minimum Gasteiger partial charge on any atom is -0.351 e. The molecule has 1 saturated heterocycles. The van der Waals surface area contributed by atoms with Crippen molar-refractivity contribution in [3.8, 4) is 0 Å². The van der Waals surface area contributed by atoms with Crippen LogP contribution in [0.2, 0.25) is 0 Å². The van der Waals surface area contributed by atoms with E-state index in [-0.39, 0.29) is 6.04 Å². The largest absolute Gasteiger partial charge is 0.351 e. The SMILES string of the molecule is CCC1CCC(C)N1c1ccc(C(C)N)cn1. The average molecular weight is 233 g/mol. The van der Waals surface area contributed by atoms with Gasteiger partial charge in [-0.25, -0.2) is 4.98 Å². The number of hydrogen-bond donors (Lipinski definition) is 1. The van der Waals surface area contributed by atoms with Gasteiger partial charge in [-0.05, 0) is 44.7 Å². The first-order valence-electron chi connectivity index (χ1n) is 6.63. The van der Waals surface area contributed by atoms with Crippen molar-refractivity contribution in [1.82, 2.24) is 4.98 Å². The summed E-state index contributed by atoms with van der Waals surface area (Å²) in [5.74, 6) is 1.10. The maximum absolute atomic E-state index is 5.84. The van der Waals surface area contributed by atoms with Gasteiger partial charge in [0.1, 0.15) is 5.82 Å². The number of rotatable bonds is 3. The van der Waals surface area contributed by atoms with E-state index in [1.807, 2.05) is 13.1 Å². The van der Waals surface area contributed by atoms with Gasteiger partial charge in [0.05, 0.1) is 0 Å². The van der Waals surface area contributed by atoms with Crippen LogP contribution in [-0.2, 0) is 0 Å².